The number of ether oxygens (including phenoxy) is 3. The molecule has 0 unspecified atom stereocenters. The van der Waals surface area contributed by atoms with Gasteiger partial charge in [0, 0.05) is 31.0 Å². The smallest absolute Gasteiger partial charge is 0.306 e. The molecule has 0 bridgehead atoms. The minimum absolute atomic E-state index is 0.0303. The third-order valence-corrected chi connectivity index (χ3v) is 4.60. The second kappa shape index (κ2) is 7.32. The number of carbonyl (C=O) groups excluding carboxylic acids is 2. The molecule has 1 amide bonds. The fourth-order valence-corrected chi connectivity index (χ4v) is 3.43. The van der Waals surface area contributed by atoms with Gasteiger partial charge in [-0.15, -0.1) is 0 Å². The number of benzene rings is 1. The normalized spacial score (nSPS) is 22.5. The lowest BCUT2D eigenvalue weighted by Crippen LogP contribution is -2.54. The van der Waals surface area contributed by atoms with Crippen molar-refractivity contribution in [2.24, 2.45) is 5.92 Å². The summed E-state index contributed by atoms with van der Waals surface area (Å²) in [7, 11) is 0. The number of nitrogens with zero attached hydrogens (tertiary/aromatic N) is 1. The summed E-state index contributed by atoms with van der Waals surface area (Å²) in [5.41, 5.74) is 0.650. The second-order valence-electron chi connectivity index (χ2n) is 6.08. The van der Waals surface area contributed by atoms with Crippen molar-refractivity contribution < 1.29 is 23.8 Å². The summed E-state index contributed by atoms with van der Waals surface area (Å²) in [6.45, 7) is 4.13. The van der Waals surface area contributed by atoms with E-state index in [0.29, 0.717) is 44.9 Å². The van der Waals surface area contributed by atoms with Crippen molar-refractivity contribution >= 4 is 11.9 Å². The van der Waals surface area contributed by atoms with E-state index < -0.39 is 5.79 Å². The summed E-state index contributed by atoms with van der Waals surface area (Å²) < 4.78 is 16.8. The van der Waals surface area contributed by atoms with Gasteiger partial charge in [-0.2, -0.15) is 0 Å². The van der Waals surface area contributed by atoms with Gasteiger partial charge in [0.25, 0.3) is 5.91 Å². The first kappa shape index (κ1) is 16.9. The van der Waals surface area contributed by atoms with Gasteiger partial charge in [-0.3, -0.25) is 9.59 Å². The van der Waals surface area contributed by atoms with Crippen molar-refractivity contribution in [3.63, 3.8) is 0 Å². The molecule has 0 radical (unpaired) electrons. The van der Waals surface area contributed by atoms with Crippen LogP contribution in [0.25, 0.3) is 0 Å². The Kier molecular flexibility index (Phi) is 5.16. The molecule has 0 N–H and O–H groups in total. The quantitative estimate of drug-likeness (QED) is 0.787. The Balaban J connectivity index is 1.74. The maximum atomic E-state index is 12.7. The summed E-state index contributed by atoms with van der Waals surface area (Å²) in [4.78, 5) is 26.4. The number of carbonyl (C=O) groups is 2. The van der Waals surface area contributed by atoms with Gasteiger partial charge >= 0.3 is 5.97 Å². The molecule has 0 saturated carbocycles. The number of piperidine rings is 1. The van der Waals surface area contributed by atoms with Crippen molar-refractivity contribution in [2.75, 3.05) is 32.9 Å². The molecule has 1 aromatic rings. The van der Waals surface area contributed by atoms with Crippen molar-refractivity contribution in [1.29, 1.82) is 0 Å². The predicted octanol–water partition coefficient (Wildman–Crippen LogP) is 1.84. The second-order valence-corrected chi connectivity index (χ2v) is 6.08. The third kappa shape index (κ3) is 3.44. The molecule has 6 nitrogen and oxygen atoms in total. The van der Waals surface area contributed by atoms with Gasteiger partial charge in [-0.25, -0.2) is 0 Å². The number of likely N-dealkylation sites (tertiary alicyclic amines) is 1. The summed E-state index contributed by atoms with van der Waals surface area (Å²) in [6.07, 6.45) is 0.752. The van der Waals surface area contributed by atoms with Gasteiger partial charge in [0.2, 0.25) is 0 Å². The highest BCUT2D eigenvalue weighted by molar-refractivity contribution is 5.94. The van der Waals surface area contributed by atoms with Crippen LogP contribution in [0.5, 0.6) is 0 Å². The molecule has 1 atom stereocenters. The molecule has 2 aliphatic heterocycles. The Bertz CT molecular complexity index is 582. The van der Waals surface area contributed by atoms with E-state index in [1.54, 1.807) is 24.0 Å². The Labute approximate surface area is 141 Å². The molecule has 6 heteroatoms. The monoisotopic (exact) mass is 333 g/mol. The SMILES string of the molecule is CCOC(=O)C[C@H]1CN(C(=O)c2ccccc2)CCC12OCCO2. The molecular weight excluding hydrogens is 310 g/mol. The lowest BCUT2D eigenvalue weighted by Gasteiger charge is -2.43. The van der Waals surface area contributed by atoms with Crippen LogP contribution in [0.3, 0.4) is 0 Å². The van der Waals surface area contributed by atoms with Crippen molar-refractivity contribution in [3.8, 4) is 0 Å². The zero-order chi connectivity index (χ0) is 17.0. The fourth-order valence-electron chi connectivity index (χ4n) is 3.43. The first-order valence-corrected chi connectivity index (χ1v) is 8.42. The topological polar surface area (TPSA) is 65.1 Å². The molecule has 2 heterocycles. The lowest BCUT2D eigenvalue weighted by molar-refractivity contribution is -0.221. The molecule has 2 aliphatic rings. The minimum Gasteiger partial charge on any atom is -0.466 e. The van der Waals surface area contributed by atoms with Crippen molar-refractivity contribution in [1.82, 2.24) is 4.90 Å². The van der Waals surface area contributed by atoms with E-state index in [9.17, 15) is 9.59 Å². The van der Waals surface area contributed by atoms with E-state index in [1.165, 1.54) is 0 Å². The largest absolute Gasteiger partial charge is 0.466 e. The molecule has 130 valence electrons. The van der Waals surface area contributed by atoms with Gasteiger partial charge in [0.1, 0.15) is 0 Å². The number of esters is 1. The highest BCUT2D eigenvalue weighted by Crippen LogP contribution is 2.38. The molecule has 0 aromatic heterocycles. The Morgan fingerprint density at radius 2 is 1.96 bits per heavy atom. The van der Waals surface area contributed by atoms with Crippen molar-refractivity contribution in [2.45, 2.75) is 25.6 Å². The molecule has 0 aliphatic carbocycles. The number of hydrogen-bond donors (Lipinski definition) is 0. The van der Waals surface area contributed by atoms with E-state index in [2.05, 4.69) is 0 Å². The van der Waals surface area contributed by atoms with Crippen LogP contribution < -0.4 is 0 Å². The van der Waals surface area contributed by atoms with Gasteiger partial charge in [0.05, 0.1) is 26.2 Å². The van der Waals surface area contributed by atoms with Crippen LogP contribution in [0, 0.1) is 5.92 Å². The number of hydrogen-bond acceptors (Lipinski definition) is 5. The molecule has 1 aromatic carbocycles. The molecule has 24 heavy (non-hydrogen) atoms. The molecule has 2 fully saturated rings. The van der Waals surface area contributed by atoms with Crippen LogP contribution in [0.2, 0.25) is 0 Å². The van der Waals surface area contributed by atoms with E-state index in [0.717, 1.165) is 0 Å². The highest BCUT2D eigenvalue weighted by Gasteiger charge is 2.49. The number of amides is 1. The Morgan fingerprint density at radius 1 is 1.25 bits per heavy atom. The van der Waals surface area contributed by atoms with E-state index in [1.807, 2.05) is 18.2 Å². The Morgan fingerprint density at radius 3 is 2.62 bits per heavy atom. The van der Waals surface area contributed by atoms with Crippen LogP contribution in [-0.4, -0.2) is 55.5 Å². The van der Waals surface area contributed by atoms with Crippen molar-refractivity contribution in [3.05, 3.63) is 35.9 Å². The van der Waals surface area contributed by atoms with Crippen LogP contribution in [0.4, 0.5) is 0 Å². The summed E-state index contributed by atoms with van der Waals surface area (Å²) in [6, 6.07) is 9.17. The maximum absolute atomic E-state index is 12.7. The van der Waals surface area contributed by atoms with Crippen LogP contribution in [0.15, 0.2) is 30.3 Å². The van der Waals surface area contributed by atoms with Gasteiger partial charge in [-0.1, -0.05) is 18.2 Å². The van der Waals surface area contributed by atoms with Crippen LogP contribution in [-0.2, 0) is 19.0 Å². The van der Waals surface area contributed by atoms with E-state index in [-0.39, 0.29) is 24.2 Å². The lowest BCUT2D eigenvalue weighted by atomic mass is 9.87. The first-order valence-electron chi connectivity index (χ1n) is 8.42. The highest BCUT2D eigenvalue weighted by atomic mass is 16.7. The number of rotatable bonds is 4. The standard InChI is InChI=1S/C18H23NO5/c1-2-22-16(20)12-15-13-19(9-8-18(15)23-10-11-24-18)17(21)14-6-4-3-5-7-14/h3-7,15H,2,8-13H2,1H3/t15-/m0/s1. The molecule has 1 spiro atoms. The maximum Gasteiger partial charge on any atom is 0.306 e. The predicted molar refractivity (Wildman–Crippen MR) is 86.3 cm³/mol. The molecule has 3 rings (SSSR count). The molecular formula is C18H23NO5. The zero-order valence-corrected chi connectivity index (χ0v) is 13.9. The van der Waals surface area contributed by atoms with E-state index in [4.69, 9.17) is 14.2 Å². The van der Waals surface area contributed by atoms with Gasteiger partial charge < -0.3 is 19.1 Å². The Hall–Kier alpha value is -1.92. The average Bonchev–Trinajstić information content (AvgIpc) is 3.07. The average molecular weight is 333 g/mol. The summed E-state index contributed by atoms with van der Waals surface area (Å²) in [5, 5.41) is 0. The minimum atomic E-state index is -0.764. The van der Waals surface area contributed by atoms with Gasteiger partial charge in [-0.05, 0) is 19.1 Å². The first-order chi connectivity index (χ1) is 11.6. The fraction of sp³-hybridized carbons (Fsp3) is 0.556. The van der Waals surface area contributed by atoms with E-state index >= 15 is 0 Å². The summed E-state index contributed by atoms with van der Waals surface area (Å²) >= 11 is 0. The zero-order valence-electron chi connectivity index (χ0n) is 13.9. The third-order valence-electron chi connectivity index (χ3n) is 4.60. The molecule has 2 saturated heterocycles. The van der Waals surface area contributed by atoms with Crippen LogP contribution >= 0.6 is 0 Å². The van der Waals surface area contributed by atoms with Gasteiger partial charge in [0.15, 0.2) is 5.79 Å². The summed E-state index contributed by atoms with van der Waals surface area (Å²) in [5.74, 6) is -1.30. The van der Waals surface area contributed by atoms with Crippen LogP contribution in [0.1, 0.15) is 30.1 Å².